The summed E-state index contributed by atoms with van der Waals surface area (Å²) in [4.78, 5) is 14.9. The van der Waals surface area contributed by atoms with Gasteiger partial charge in [0.2, 0.25) is 5.91 Å². The van der Waals surface area contributed by atoms with E-state index in [9.17, 15) is 4.79 Å². The van der Waals surface area contributed by atoms with Gasteiger partial charge < -0.3 is 10.2 Å². The lowest BCUT2D eigenvalue weighted by molar-refractivity contribution is -0.120. The molecule has 4 rings (SSSR count). The summed E-state index contributed by atoms with van der Waals surface area (Å²) in [6, 6.07) is 19.8. The van der Waals surface area contributed by atoms with Crippen molar-refractivity contribution in [2.75, 3.05) is 23.3 Å². The van der Waals surface area contributed by atoms with E-state index in [0.717, 1.165) is 46.6 Å². The summed E-state index contributed by atoms with van der Waals surface area (Å²) in [5, 5.41) is 11.9. The van der Waals surface area contributed by atoms with E-state index in [-0.39, 0.29) is 11.8 Å². The Hall–Kier alpha value is -2.73. The van der Waals surface area contributed by atoms with Crippen molar-refractivity contribution in [3.8, 4) is 11.3 Å². The first-order valence-corrected chi connectivity index (χ1v) is 10.6. The number of aryl methyl sites for hydroxylation is 1. The van der Waals surface area contributed by atoms with Gasteiger partial charge >= 0.3 is 0 Å². The highest BCUT2D eigenvalue weighted by Gasteiger charge is 2.27. The van der Waals surface area contributed by atoms with Crippen LogP contribution in [0.3, 0.4) is 0 Å². The Kier molecular flexibility index (Phi) is 5.90. The van der Waals surface area contributed by atoms with Crippen LogP contribution in [0.4, 0.5) is 11.5 Å². The van der Waals surface area contributed by atoms with Crippen molar-refractivity contribution in [2.24, 2.45) is 5.92 Å². The standard InChI is InChI=1S/C23H23BrN4O/c1-16-5-2-3-7-20(16)21-12-13-22(27-26-21)28-14-4-6-17(15-28)23(29)25-19-10-8-18(24)9-11-19/h2-3,5,7-13,17H,4,6,14-15H2,1H3,(H,25,29)/t17-/m0/s1. The van der Waals surface area contributed by atoms with Crippen molar-refractivity contribution < 1.29 is 4.79 Å². The van der Waals surface area contributed by atoms with E-state index in [2.05, 4.69) is 55.4 Å². The minimum Gasteiger partial charge on any atom is -0.354 e. The quantitative estimate of drug-likeness (QED) is 0.602. The molecule has 148 valence electrons. The van der Waals surface area contributed by atoms with Gasteiger partial charge in [-0.1, -0.05) is 40.2 Å². The zero-order valence-corrected chi connectivity index (χ0v) is 17.9. The first-order chi connectivity index (χ1) is 14.1. The minimum atomic E-state index is -0.0646. The fourth-order valence-electron chi connectivity index (χ4n) is 3.67. The van der Waals surface area contributed by atoms with Gasteiger partial charge in [-0.3, -0.25) is 4.79 Å². The lowest BCUT2D eigenvalue weighted by Crippen LogP contribution is -2.41. The van der Waals surface area contributed by atoms with E-state index in [1.807, 2.05) is 48.5 Å². The number of nitrogens with one attached hydrogen (secondary N) is 1. The fraction of sp³-hybridized carbons (Fsp3) is 0.261. The molecule has 1 fully saturated rings. The van der Waals surface area contributed by atoms with Crippen LogP contribution in [-0.2, 0) is 4.79 Å². The van der Waals surface area contributed by atoms with Crippen LogP contribution in [0, 0.1) is 12.8 Å². The predicted octanol–water partition coefficient (Wildman–Crippen LogP) is 5.07. The third-order valence-corrected chi connectivity index (χ3v) is 5.83. The molecule has 1 atom stereocenters. The fourth-order valence-corrected chi connectivity index (χ4v) is 3.94. The molecule has 1 amide bonds. The maximum atomic E-state index is 12.7. The van der Waals surface area contributed by atoms with E-state index in [1.165, 1.54) is 5.56 Å². The molecule has 1 aromatic heterocycles. The zero-order valence-electron chi connectivity index (χ0n) is 16.3. The molecule has 0 spiro atoms. The smallest absolute Gasteiger partial charge is 0.229 e. The van der Waals surface area contributed by atoms with Crippen LogP contribution in [0.15, 0.2) is 65.1 Å². The molecular formula is C23H23BrN4O. The number of carbonyl (C=O) groups is 1. The van der Waals surface area contributed by atoms with Crippen molar-refractivity contribution in [3.05, 3.63) is 70.7 Å². The average molecular weight is 451 g/mol. The van der Waals surface area contributed by atoms with E-state index in [1.54, 1.807) is 0 Å². The Morgan fingerprint density at radius 2 is 1.86 bits per heavy atom. The van der Waals surface area contributed by atoms with Gasteiger partial charge in [0.15, 0.2) is 5.82 Å². The van der Waals surface area contributed by atoms with Crippen molar-refractivity contribution >= 4 is 33.3 Å². The number of aromatic nitrogens is 2. The molecule has 1 saturated heterocycles. The third-order valence-electron chi connectivity index (χ3n) is 5.30. The van der Waals surface area contributed by atoms with Gasteiger partial charge in [-0.15, -0.1) is 10.2 Å². The predicted molar refractivity (Wildman–Crippen MR) is 120 cm³/mol. The summed E-state index contributed by atoms with van der Waals surface area (Å²) >= 11 is 3.41. The van der Waals surface area contributed by atoms with E-state index in [0.29, 0.717) is 6.54 Å². The molecule has 1 aliphatic rings. The molecule has 3 aromatic rings. The minimum absolute atomic E-state index is 0.0570. The largest absolute Gasteiger partial charge is 0.354 e. The number of benzene rings is 2. The third kappa shape index (κ3) is 4.65. The average Bonchev–Trinajstić information content (AvgIpc) is 2.76. The zero-order chi connectivity index (χ0) is 20.2. The summed E-state index contributed by atoms with van der Waals surface area (Å²) in [6.07, 6.45) is 1.84. The summed E-state index contributed by atoms with van der Waals surface area (Å²) < 4.78 is 0.993. The Labute approximate surface area is 179 Å². The summed E-state index contributed by atoms with van der Waals surface area (Å²) in [7, 11) is 0. The van der Waals surface area contributed by atoms with Crippen LogP contribution in [-0.4, -0.2) is 29.2 Å². The van der Waals surface area contributed by atoms with Crippen LogP contribution < -0.4 is 10.2 Å². The molecule has 5 nitrogen and oxygen atoms in total. The van der Waals surface area contributed by atoms with Gasteiger partial charge in [-0.25, -0.2) is 0 Å². The topological polar surface area (TPSA) is 58.1 Å². The van der Waals surface area contributed by atoms with Gasteiger partial charge in [0.25, 0.3) is 0 Å². The van der Waals surface area contributed by atoms with Crippen LogP contribution in [0.1, 0.15) is 18.4 Å². The summed E-state index contributed by atoms with van der Waals surface area (Å²) in [5.74, 6) is 0.815. The second-order valence-corrected chi connectivity index (χ2v) is 8.29. The van der Waals surface area contributed by atoms with Crippen LogP contribution in [0.25, 0.3) is 11.3 Å². The lowest BCUT2D eigenvalue weighted by Gasteiger charge is -2.32. The van der Waals surface area contributed by atoms with Gasteiger partial charge in [-0.2, -0.15) is 0 Å². The molecule has 2 aromatic carbocycles. The molecule has 0 saturated carbocycles. The molecule has 0 aliphatic carbocycles. The van der Waals surface area contributed by atoms with Gasteiger partial charge in [0.1, 0.15) is 0 Å². The van der Waals surface area contributed by atoms with E-state index in [4.69, 9.17) is 0 Å². The SMILES string of the molecule is Cc1ccccc1-c1ccc(N2CCC[C@H](C(=O)Nc3ccc(Br)cc3)C2)nn1. The summed E-state index contributed by atoms with van der Waals surface area (Å²) in [6.45, 7) is 3.62. The highest BCUT2D eigenvalue weighted by molar-refractivity contribution is 9.10. The van der Waals surface area contributed by atoms with Gasteiger partial charge in [-0.05, 0) is 61.7 Å². The molecule has 2 heterocycles. The number of nitrogens with zero attached hydrogens (tertiary/aromatic N) is 3. The first-order valence-electron chi connectivity index (χ1n) is 9.81. The number of piperidine rings is 1. The maximum absolute atomic E-state index is 12.7. The van der Waals surface area contributed by atoms with Gasteiger partial charge in [0, 0.05) is 28.8 Å². The Morgan fingerprint density at radius 1 is 1.07 bits per heavy atom. The van der Waals surface area contributed by atoms with Crippen molar-refractivity contribution in [1.82, 2.24) is 10.2 Å². The highest BCUT2D eigenvalue weighted by atomic mass is 79.9. The van der Waals surface area contributed by atoms with Gasteiger partial charge in [0.05, 0.1) is 11.6 Å². The Morgan fingerprint density at radius 3 is 2.59 bits per heavy atom. The number of rotatable bonds is 4. The Balaban J connectivity index is 1.43. The van der Waals surface area contributed by atoms with Crippen molar-refractivity contribution in [3.63, 3.8) is 0 Å². The molecule has 1 N–H and O–H groups in total. The van der Waals surface area contributed by atoms with Crippen LogP contribution in [0.2, 0.25) is 0 Å². The van der Waals surface area contributed by atoms with Crippen LogP contribution in [0.5, 0.6) is 0 Å². The Bertz CT molecular complexity index is 989. The monoisotopic (exact) mass is 450 g/mol. The normalized spacial score (nSPS) is 16.5. The second-order valence-electron chi connectivity index (χ2n) is 7.37. The highest BCUT2D eigenvalue weighted by Crippen LogP contribution is 2.25. The number of hydrogen-bond acceptors (Lipinski definition) is 4. The second kappa shape index (κ2) is 8.74. The van der Waals surface area contributed by atoms with Crippen LogP contribution >= 0.6 is 15.9 Å². The number of carbonyl (C=O) groups excluding carboxylic acids is 1. The molecule has 0 unspecified atom stereocenters. The molecular weight excluding hydrogens is 428 g/mol. The molecule has 1 aliphatic heterocycles. The first kappa shape index (κ1) is 19.6. The van der Waals surface area contributed by atoms with Crippen molar-refractivity contribution in [1.29, 1.82) is 0 Å². The summed E-state index contributed by atoms with van der Waals surface area (Å²) in [5.41, 5.74) is 3.96. The number of amides is 1. The lowest BCUT2D eigenvalue weighted by atomic mass is 9.97. The number of hydrogen-bond donors (Lipinski definition) is 1. The molecule has 29 heavy (non-hydrogen) atoms. The van der Waals surface area contributed by atoms with E-state index < -0.39 is 0 Å². The molecule has 6 heteroatoms. The molecule has 0 bridgehead atoms. The number of anilines is 2. The number of halogens is 1. The molecule has 0 radical (unpaired) electrons. The van der Waals surface area contributed by atoms with Crippen molar-refractivity contribution in [2.45, 2.75) is 19.8 Å². The maximum Gasteiger partial charge on any atom is 0.229 e. The van der Waals surface area contributed by atoms with E-state index >= 15 is 0 Å².